The maximum absolute atomic E-state index is 13.1. The van der Waals surface area contributed by atoms with Crippen molar-refractivity contribution in [3.8, 4) is 6.07 Å². The summed E-state index contributed by atoms with van der Waals surface area (Å²) in [5, 5.41) is 11.7. The summed E-state index contributed by atoms with van der Waals surface area (Å²) in [7, 11) is 1.84. The molecule has 1 heterocycles. The summed E-state index contributed by atoms with van der Waals surface area (Å²) in [6.07, 6.45) is 5.57. The lowest BCUT2D eigenvalue weighted by Crippen LogP contribution is -2.38. The van der Waals surface area contributed by atoms with Crippen LogP contribution in [0.3, 0.4) is 0 Å². The van der Waals surface area contributed by atoms with E-state index in [-0.39, 0.29) is 30.9 Å². The van der Waals surface area contributed by atoms with E-state index in [1.165, 1.54) is 6.42 Å². The second kappa shape index (κ2) is 10.4. The van der Waals surface area contributed by atoms with Crippen molar-refractivity contribution in [3.05, 3.63) is 59.2 Å². The van der Waals surface area contributed by atoms with Crippen LogP contribution in [0.4, 0.5) is 5.95 Å². The van der Waals surface area contributed by atoms with Crippen LogP contribution in [0.2, 0.25) is 0 Å². The van der Waals surface area contributed by atoms with Crippen molar-refractivity contribution >= 4 is 34.7 Å². The van der Waals surface area contributed by atoms with Gasteiger partial charge >= 0.3 is 0 Å². The van der Waals surface area contributed by atoms with Crippen LogP contribution in [0, 0.1) is 11.3 Å². The number of hydrogen-bond acceptors (Lipinski definition) is 5. The van der Waals surface area contributed by atoms with Gasteiger partial charge < -0.3 is 15.2 Å². The van der Waals surface area contributed by atoms with E-state index < -0.39 is 11.8 Å². The van der Waals surface area contributed by atoms with Gasteiger partial charge in [-0.05, 0) is 55.3 Å². The molecular formula is C26H28N6O3. The minimum atomic E-state index is -0.475. The normalized spacial score (nSPS) is 13.8. The van der Waals surface area contributed by atoms with Crippen molar-refractivity contribution in [2.75, 3.05) is 12.4 Å². The number of aryl methyl sites for hydroxylation is 1. The van der Waals surface area contributed by atoms with E-state index in [2.05, 4.69) is 10.3 Å². The summed E-state index contributed by atoms with van der Waals surface area (Å²) in [5.41, 5.74) is 7.90. The smallest absolute Gasteiger partial charge is 0.257 e. The molecule has 4 rings (SSSR count). The Balaban J connectivity index is 1.63. The Kier molecular flexibility index (Phi) is 7.11. The van der Waals surface area contributed by atoms with Gasteiger partial charge in [0, 0.05) is 37.2 Å². The predicted molar refractivity (Wildman–Crippen MR) is 132 cm³/mol. The number of carbonyl (C=O) groups is 3. The van der Waals surface area contributed by atoms with Gasteiger partial charge in [-0.3, -0.25) is 19.7 Å². The number of carbonyl (C=O) groups excluding carboxylic acids is 3. The van der Waals surface area contributed by atoms with Gasteiger partial charge in [0.05, 0.1) is 22.7 Å². The quantitative estimate of drug-likeness (QED) is 0.543. The minimum Gasteiger partial charge on any atom is -0.370 e. The van der Waals surface area contributed by atoms with Crippen molar-refractivity contribution in [1.82, 2.24) is 14.5 Å². The van der Waals surface area contributed by atoms with Crippen LogP contribution in [-0.4, -0.2) is 45.3 Å². The molecule has 9 nitrogen and oxygen atoms in total. The molecular weight excluding hydrogens is 444 g/mol. The number of primary amides is 1. The van der Waals surface area contributed by atoms with Crippen LogP contribution in [0.25, 0.3) is 11.0 Å². The third kappa shape index (κ3) is 5.32. The number of aromatic nitrogens is 2. The standard InChI is InChI=1S/C26H28N6O3/c1-31(20-5-3-2-4-6-20)25(35)19-11-12-22-21(15-19)29-26(32(22)14-13-23(28)33)30-24(34)18-9-7-17(16-27)8-10-18/h7-12,15,20H,2-6,13-14H2,1H3,(H2,28,33)(H,29,30,34). The summed E-state index contributed by atoms with van der Waals surface area (Å²) in [6.45, 7) is 0.226. The molecule has 1 aliphatic rings. The number of fused-ring (bicyclic) bond motifs is 1. The van der Waals surface area contributed by atoms with Gasteiger partial charge in [0.25, 0.3) is 11.8 Å². The summed E-state index contributed by atoms with van der Waals surface area (Å²) in [4.78, 5) is 43.8. The first-order chi connectivity index (χ1) is 16.9. The molecule has 180 valence electrons. The molecule has 0 atom stereocenters. The topological polar surface area (TPSA) is 134 Å². The van der Waals surface area contributed by atoms with E-state index >= 15 is 0 Å². The Morgan fingerprint density at radius 3 is 2.46 bits per heavy atom. The van der Waals surface area contributed by atoms with E-state index in [0.717, 1.165) is 25.7 Å². The third-order valence-electron chi connectivity index (χ3n) is 6.52. The van der Waals surface area contributed by atoms with Crippen molar-refractivity contribution in [2.45, 2.75) is 51.1 Å². The largest absolute Gasteiger partial charge is 0.370 e. The highest BCUT2D eigenvalue weighted by molar-refractivity contribution is 6.04. The van der Waals surface area contributed by atoms with Gasteiger partial charge in [-0.15, -0.1) is 0 Å². The highest BCUT2D eigenvalue weighted by Crippen LogP contribution is 2.26. The molecule has 1 aromatic heterocycles. The Bertz CT molecular complexity index is 1300. The highest BCUT2D eigenvalue weighted by atomic mass is 16.2. The first kappa shape index (κ1) is 24.0. The number of nitrogens with one attached hydrogen (secondary N) is 1. The number of nitriles is 1. The highest BCUT2D eigenvalue weighted by Gasteiger charge is 2.24. The van der Waals surface area contributed by atoms with Crippen LogP contribution in [-0.2, 0) is 11.3 Å². The van der Waals surface area contributed by atoms with E-state index in [0.29, 0.717) is 27.7 Å². The summed E-state index contributed by atoms with van der Waals surface area (Å²) >= 11 is 0. The lowest BCUT2D eigenvalue weighted by atomic mass is 9.94. The molecule has 0 saturated heterocycles. The zero-order valence-electron chi connectivity index (χ0n) is 19.7. The minimum absolute atomic E-state index is 0.0614. The molecule has 0 unspecified atom stereocenters. The first-order valence-electron chi connectivity index (χ1n) is 11.7. The monoisotopic (exact) mass is 472 g/mol. The molecule has 0 radical (unpaired) electrons. The molecule has 35 heavy (non-hydrogen) atoms. The number of hydrogen-bond donors (Lipinski definition) is 2. The summed E-state index contributed by atoms with van der Waals surface area (Å²) < 4.78 is 1.71. The average molecular weight is 473 g/mol. The molecule has 3 aromatic rings. The summed E-state index contributed by atoms with van der Waals surface area (Å²) in [5.74, 6) is -0.690. The molecule has 1 fully saturated rings. The molecule has 2 aromatic carbocycles. The van der Waals surface area contributed by atoms with Crippen LogP contribution in [0.1, 0.15) is 64.8 Å². The van der Waals surface area contributed by atoms with E-state index in [9.17, 15) is 14.4 Å². The molecule has 3 amide bonds. The van der Waals surface area contributed by atoms with Gasteiger partial charge in [0.2, 0.25) is 11.9 Å². The zero-order chi connectivity index (χ0) is 24.9. The zero-order valence-corrected chi connectivity index (χ0v) is 19.7. The molecule has 3 N–H and O–H groups in total. The molecule has 0 aliphatic heterocycles. The number of nitrogens with two attached hydrogens (primary N) is 1. The Morgan fingerprint density at radius 2 is 1.80 bits per heavy atom. The van der Waals surface area contributed by atoms with Crippen molar-refractivity contribution in [3.63, 3.8) is 0 Å². The van der Waals surface area contributed by atoms with Gasteiger partial charge in [0.15, 0.2) is 0 Å². The number of anilines is 1. The van der Waals surface area contributed by atoms with Crippen LogP contribution >= 0.6 is 0 Å². The fraction of sp³-hybridized carbons (Fsp3) is 0.346. The molecule has 0 bridgehead atoms. The molecule has 1 aliphatic carbocycles. The van der Waals surface area contributed by atoms with E-state index in [1.54, 1.807) is 47.0 Å². The Morgan fingerprint density at radius 1 is 1.11 bits per heavy atom. The van der Waals surface area contributed by atoms with Gasteiger partial charge in [-0.25, -0.2) is 4.98 Å². The van der Waals surface area contributed by atoms with Gasteiger partial charge in [0.1, 0.15) is 0 Å². The molecule has 9 heteroatoms. The van der Waals surface area contributed by atoms with E-state index in [1.807, 2.05) is 18.0 Å². The van der Waals surface area contributed by atoms with Gasteiger partial charge in [-0.2, -0.15) is 5.26 Å². The number of amides is 3. The van der Waals surface area contributed by atoms with Crippen molar-refractivity contribution in [2.24, 2.45) is 5.73 Å². The van der Waals surface area contributed by atoms with Crippen LogP contribution in [0.15, 0.2) is 42.5 Å². The van der Waals surface area contributed by atoms with Crippen LogP contribution in [0.5, 0.6) is 0 Å². The Labute approximate surface area is 203 Å². The second-order valence-corrected chi connectivity index (χ2v) is 8.86. The lowest BCUT2D eigenvalue weighted by Gasteiger charge is -2.31. The number of rotatable bonds is 7. The predicted octanol–water partition coefficient (Wildman–Crippen LogP) is 3.44. The molecule has 1 saturated carbocycles. The van der Waals surface area contributed by atoms with Gasteiger partial charge in [-0.1, -0.05) is 19.3 Å². The van der Waals surface area contributed by atoms with Crippen molar-refractivity contribution < 1.29 is 14.4 Å². The maximum atomic E-state index is 13.1. The maximum Gasteiger partial charge on any atom is 0.257 e. The first-order valence-corrected chi connectivity index (χ1v) is 11.7. The fourth-order valence-corrected chi connectivity index (χ4v) is 4.51. The number of nitrogens with zero attached hydrogens (tertiary/aromatic N) is 4. The lowest BCUT2D eigenvalue weighted by molar-refractivity contribution is -0.118. The SMILES string of the molecule is CN(C(=O)c1ccc2c(c1)nc(NC(=O)c1ccc(C#N)cc1)n2CCC(N)=O)C1CCCCC1. The molecule has 0 spiro atoms. The number of benzene rings is 2. The summed E-state index contributed by atoms with van der Waals surface area (Å²) in [6, 6.07) is 13.7. The van der Waals surface area contributed by atoms with Crippen LogP contribution < -0.4 is 11.1 Å². The fourth-order valence-electron chi connectivity index (χ4n) is 4.51. The second-order valence-electron chi connectivity index (χ2n) is 8.86. The third-order valence-corrected chi connectivity index (χ3v) is 6.52. The van der Waals surface area contributed by atoms with E-state index in [4.69, 9.17) is 11.0 Å². The Hall–Kier alpha value is -4.19. The average Bonchev–Trinajstić information content (AvgIpc) is 3.22. The number of imidazole rings is 1. The van der Waals surface area contributed by atoms with Crippen molar-refractivity contribution in [1.29, 1.82) is 5.26 Å².